The van der Waals surface area contributed by atoms with Crippen LogP contribution in [0.5, 0.6) is 0 Å². The zero-order chi connectivity index (χ0) is 7.28. The van der Waals surface area contributed by atoms with Crippen LogP contribution in [0.15, 0.2) is 11.1 Å². The molecule has 0 atom stereocenters. The van der Waals surface area contributed by atoms with Gasteiger partial charge in [-0.1, -0.05) is 22.5 Å². The highest BCUT2D eigenvalue weighted by Crippen LogP contribution is 1.95. The number of halogens is 1. The standard InChI is InChI=1S/C5H9BrN2S/c1-4(6)3-8-5(9)7-2/h1,3H2,2H3,(H2,7,8,9). The molecule has 0 saturated heterocycles. The lowest BCUT2D eigenvalue weighted by atomic mass is 10.6. The smallest absolute Gasteiger partial charge is 0.166 e. The summed E-state index contributed by atoms with van der Waals surface area (Å²) in [5, 5.41) is 6.32. The lowest BCUT2D eigenvalue weighted by Gasteiger charge is -2.03. The molecule has 0 aromatic heterocycles. The summed E-state index contributed by atoms with van der Waals surface area (Å²) in [7, 11) is 1.77. The van der Waals surface area contributed by atoms with E-state index >= 15 is 0 Å². The van der Waals surface area contributed by atoms with Crippen molar-refractivity contribution in [3.63, 3.8) is 0 Å². The summed E-state index contributed by atoms with van der Waals surface area (Å²) in [4.78, 5) is 0. The van der Waals surface area contributed by atoms with Gasteiger partial charge in [-0.15, -0.1) is 0 Å². The Kier molecular flexibility index (Phi) is 4.71. The second-order valence-electron chi connectivity index (χ2n) is 1.45. The van der Waals surface area contributed by atoms with Crippen molar-refractivity contribution >= 4 is 33.3 Å². The Bertz CT molecular complexity index is 124. The summed E-state index contributed by atoms with van der Waals surface area (Å²) in [5.41, 5.74) is 0. The molecule has 0 unspecified atom stereocenters. The average molecular weight is 209 g/mol. The first-order valence-corrected chi connectivity index (χ1v) is 3.66. The van der Waals surface area contributed by atoms with E-state index in [1.165, 1.54) is 0 Å². The molecule has 2 N–H and O–H groups in total. The van der Waals surface area contributed by atoms with Crippen LogP contribution in [0.3, 0.4) is 0 Å². The highest BCUT2D eigenvalue weighted by Gasteiger charge is 1.88. The van der Waals surface area contributed by atoms with Crippen molar-refractivity contribution in [1.29, 1.82) is 0 Å². The molecule has 52 valence electrons. The fourth-order valence-electron chi connectivity index (χ4n) is 0.265. The summed E-state index contributed by atoms with van der Waals surface area (Å²) >= 11 is 7.98. The van der Waals surface area contributed by atoms with Gasteiger partial charge in [0.15, 0.2) is 5.11 Å². The molecule has 0 aromatic carbocycles. The Hall–Kier alpha value is -0.0900. The Balaban J connectivity index is 3.28. The Morgan fingerprint density at radius 2 is 2.33 bits per heavy atom. The Morgan fingerprint density at radius 3 is 2.67 bits per heavy atom. The summed E-state index contributed by atoms with van der Waals surface area (Å²) in [6, 6.07) is 0. The van der Waals surface area contributed by atoms with Crippen molar-refractivity contribution in [3.8, 4) is 0 Å². The van der Waals surface area contributed by atoms with Crippen molar-refractivity contribution in [2.24, 2.45) is 0 Å². The van der Waals surface area contributed by atoms with E-state index in [1.807, 2.05) is 0 Å². The molecule has 0 aromatic rings. The molecule has 0 amide bonds. The fourth-order valence-corrected chi connectivity index (χ4v) is 0.477. The maximum absolute atomic E-state index is 4.79. The van der Waals surface area contributed by atoms with E-state index in [1.54, 1.807) is 7.05 Å². The summed E-state index contributed by atoms with van der Waals surface area (Å²) in [5.74, 6) is 0. The van der Waals surface area contributed by atoms with Crippen molar-refractivity contribution in [2.45, 2.75) is 0 Å². The van der Waals surface area contributed by atoms with E-state index in [4.69, 9.17) is 12.2 Å². The van der Waals surface area contributed by atoms with E-state index < -0.39 is 0 Å². The molecule has 0 aliphatic rings. The molecule has 0 aliphatic carbocycles. The normalized spacial score (nSPS) is 8.22. The molecule has 0 heterocycles. The zero-order valence-electron chi connectivity index (χ0n) is 5.20. The van der Waals surface area contributed by atoms with Crippen LogP contribution in [-0.2, 0) is 0 Å². The van der Waals surface area contributed by atoms with Gasteiger partial charge in [0.05, 0.1) is 0 Å². The van der Waals surface area contributed by atoms with E-state index in [9.17, 15) is 0 Å². The molecular weight excluding hydrogens is 200 g/mol. The van der Waals surface area contributed by atoms with Gasteiger partial charge in [0, 0.05) is 18.1 Å². The number of thiocarbonyl (C=S) groups is 1. The molecule has 4 heteroatoms. The number of hydrogen-bond donors (Lipinski definition) is 2. The van der Waals surface area contributed by atoms with Crippen LogP contribution in [0, 0.1) is 0 Å². The minimum absolute atomic E-state index is 0.635. The Labute approximate surface area is 68.8 Å². The SMILES string of the molecule is C=C(Br)CNC(=S)NC. The molecule has 0 rings (SSSR count). The third kappa shape index (κ3) is 5.79. The maximum Gasteiger partial charge on any atom is 0.166 e. The third-order valence-corrected chi connectivity index (χ3v) is 1.30. The first kappa shape index (κ1) is 8.91. The summed E-state index contributed by atoms with van der Waals surface area (Å²) in [6.45, 7) is 4.29. The second-order valence-corrected chi connectivity index (χ2v) is 2.98. The summed E-state index contributed by atoms with van der Waals surface area (Å²) < 4.78 is 0.889. The number of rotatable bonds is 2. The van der Waals surface area contributed by atoms with Crippen LogP contribution in [0.4, 0.5) is 0 Å². The van der Waals surface area contributed by atoms with E-state index in [0.717, 1.165) is 4.48 Å². The van der Waals surface area contributed by atoms with Gasteiger partial charge in [0.25, 0.3) is 0 Å². The molecule has 0 saturated carbocycles. The largest absolute Gasteiger partial charge is 0.366 e. The monoisotopic (exact) mass is 208 g/mol. The van der Waals surface area contributed by atoms with Gasteiger partial charge in [-0.3, -0.25) is 0 Å². The van der Waals surface area contributed by atoms with Gasteiger partial charge >= 0.3 is 0 Å². The molecule has 9 heavy (non-hydrogen) atoms. The lowest BCUT2D eigenvalue weighted by molar-refractivity contribution is 0.986. The van der Waals surface area contributed by atoms with E-state index in [0.29, 0.717) is 11.7 Å². The minimum Gasteiger partial charge on any atom is -0.366 e. The third-order valence-electron chi connectivity index (χ3n) is 0.668. The topological polar surface area (TPSA) is 24.1 Å². The van der Waals surface area contributed by atoms with Gasteiger partial charge in [-0.2, -0.15) is 0 Å². The number of hydrogen-bond acceptors (Lipinski definition) is 1. The van der Waals surface area contributed by atoms with E-state index in [2.05, 4.69) is 33.1 Å². The molecule has 0 radical (unpaired) electrons. The number of nitrogens with one attached hydrogen (secondary N) is 2. The molecule has 0 aliphatic heterocycles. The minimum atomic E-state index is 0.635. The molecule has 0 spiro atoms. The van der Waals surface area contributed by atoms with Gasteiger partial charge in [-0.25, -0.2) is 0 Å². The van der Waals surface area contributed by atoms with Gasteiger partial charge in [0.1, 0.15) is 0 Å². The van der Waals surface area contributed by atoms with Crippen LogP contribution in [0.2, 0.25) is 0 Å². The quantitative estimate of drug-likeness (QED) is 0.663. The van der Waals surface area contributed by atoms with Crippen molar-refractivity contribution in [2.75, 3.05) is 13.6 Å². The fraction of sp³-hybridized carbons (Fsp3) is 0.400. The van der Waals surface area contributed by atoms with Crippen LogP contribution >= 0.6 is 28.1 Å². The van der Waals surface area contributed by atoms with Crippen molar-refractivity contribution in [1.82, 2.24) is 10.6 Å². The molecule has 0 bridgehead atoms. The molecule has 2 nitrogen and oxygen atoms in total. The first-order chi connectivity index (χ1) is 4.16. The molecular formula is C5H9BrN2S. The van der Waals surface area contributed by atoms with Gasteiger partial charge < -0.3 is 10.6 Å². The zero-order valence-corrected chi connectivity index (χ0v) is 7.60. The van der Waals surface area contributed by atoms with Crippen LogP contribution in [-0.4, -0.2) is 18.7 Å². The Morgan fingerprint density at radius 1 is 1.78 bits per heavy atom. The molecule has 0 fully saturated rings. The predicted octanol–water partition coefficient (Wildman–Crippen LogP) is 0.989. The van der Waals surface area contributed by atoms with E-state index in [-0.39, 0.29) is 0 Å². The predicted molar refractivity (Wildman–Crippen MR) is 47.7 cm³/mol. The van der Waals surface area contributed by atoms with Crippen molar-refractivity contribution < 1.29 is 0 Å². The van der Waals surface area contributed by atoms with Crippen molar-refractivity contribution in [3.05, 3.63) is 11.1 Å². The highest BCUT2D eigenvalue weighted by molar-refractivity contribution is 9.11. The van der Waals surface area contributed by atoms with Crippen LogP contribution in [0.1, 0.15) is 0 Å². The first-order valence-electron chi connectivity index (χ1n) is 2.45. The van der Waals surface area contributed by atoms with Crippen LogP contribution < -0.4 is 10.6 Å². The van der Waals surface area contributed by atoms with Crippen LogP contribution in [0.25, 0.3) is 0 Å². The van der Waals surface area contributed by atoms with Gasteiger partial charge in [-0.05, 0) is 12.2 Å². The summed E-state index contributed by atoms with van der Waals surface area (Å²) in [6.07, 6.45) is 0. The van der Waals surface area contributed by atoms with Gasteiger partial charge in [0.2, 0.25) is 0 Å². The lowest BCUT2D eigenvalue weighted by Crippen LogP contribution is -2.32. The average Bonchev–Trinajstić information content (AvgIpc) is 1.83. The maximum atomic E-state index is 4.79. The second kappa shape index (κ2) is 4.76. The highest BCUT2D eigenvalue weighted by atomic mass is 79.9.